The summed E-state index contributed by atoms with van der Waals surface area (Å²) in [6.07, 6.45) is 1.61. The van der Waals surface area contributed by atoms with Crippen LogP contribution in [0.15, 0.2) is 30.5 Å². The molecule has 0 spiro atoms. The van der Waals surface area contributed by atoms with Crippen molar-refractivity contribution in [2.75, 3.05) is 12.8 Å². The van der Waals surface area contributed by atoms with Gasteiger partial charge in [0, 0.05) is 17.4 Å². The van der Waals surface area contributed by atoms with E-state index in [0.717, 1.165) is 16.8 Å². The molecule has 0 atom stereocenters. The number of anilines is 1. The van der Waals surface area contributed by atoms with Crippen LogP contribution in [-0.4, -0.2) is 32.7 Å². The number of nitrogens with zero attached hydrogens (tertiary/aromatic N) is 4. The fraction of sp³-hybridized carbons (Fsp3) is 0.143. The van der Waals surface area contributed by atoms with Gasteiger partial charge in [-0.25, -0.2) is 9.78 Å². The summed E-state index contributed by atoms with van der Waals surface area (Å²) in [5, 5.41) is 4.14. The molecule has 0 radical (unpaired) electrons. The topological polar surface area (TPSA) is 95.4 Å². The van der Waals surface area contributed by atoms with E-state index in [1.54, 1.807) is 12.3 Å². The number of fused-ring (bicyclic) bond motifs is 1. The molecule has 21 heavy (non-hydrogen) atoms. The lowest BCUT2D eigenvalue weighted by Crippen LogP contribution is -2.04. The molecule has 0 saturated heterocycles. The molecule has 1 aromatic carbocycles. The number of esters is 1. The van der Waals surface area contributed by atoms with Gasteiger partial charge >= 0.3 is 5.97 Å². The van der Waals surface area contributed by atoms with E-state index < -0.39 is 5.97 Å². The number of carbonyl (C=O) groups is 1. The van der Waals surface area contributed by atoms with Crippen molar-refractivity contribution in [3.05, 3.63) is 41.9 Å². The van der Waals surface area contributed by atoms with Gasteiger partial charge in [0.1, 0.15) is 0 Å². The first-order valence-corrected chi connectivity index (χ1v) is 6.27. The number of benzene rings is 1. The summed E-state index contributed by atoms with van der Waals surface area (Å²) in [5.41, 5.74) is 9.24. The molecule has 7 nitrogen and oxygen atoms in total. The minimum atomic E-state index is -0.602. The van der Waals surface area contributed by atoms with E-state index in [-0.39, 0.29) is 5.82 Å². The maximum absolute atomic E-state index is 11.5. The average Bonchev–Trinajstić information content (AvgIpc) is 2.93. The van der Waals surface area contributed by atoms with Gasteiger partial charge in [0.05, 0.1) is 12.8 Å². The number of hydrogen-bond acceptors (Lipinski definition) is 6. The van der Waals surface area contributed by atoms with E-state index in [0.29, 0.717) is 11.5 Å². The number of ether oxygens (including phenoxy) is 1. The van der Waals surface area contributed by atoms with Gasteiger partial charge in [0.25, 0.3) is 11.6 Å². The van der Waals surface area contributed by atoms with Gasteiger partial charge in [-0.3, -0.25) is 0 Å². The molecule has 0 unspecified atom stereocenters. The van der Waals surface area contributed by atoms with Crippen molar-refractivity contribution in [3.63, 3.8) is 0 Å². The number of rotatable bonds is 2. The van der Waals surface area contributed by atoms with Crippen molar-refractivity contribution in [2.45, 2.75) is 6.92 Å². The van der Waals surface area contributed by atoms with Gasteiger partial charge in [0.15, 0.2) is 0 Å². The molecule has 0 aliphatic rings. The molecule has 2 heterocycles. The number of nitrogen functional groups attached to an aromatic ring is 1. The molecule has 0 saturated carbocycles. The van der Waals surface area contributed by atoms with Crippen LogP contribution in [0.3, 0.4) is 0 Å². The molecule has 106 valence electrons. The summed E-state index contributed by atoms with van der Waals surface area (Å²) in [7, 11) is 1.28. The molecule has 7 heteroatoms. The van der Waals surface area contributed by atoms with Gasteiger partial charge in [0.2, 0.25) is 0 Å². The molecule has 3 aromatic rings. The lowest BCUT2D eigenvalue weighted by atomic mass is 10.1. The highest BCUT2D eigenvalue weighted by Crippen LogP contribution is 2.23. The Kier molecular flexibility index (Phi) is 3.02. The molecule has 2 N–H and O–H groups in total. The molecule has 2 aromatic heterocycles. The van der Waals surface area contributed by atoms with E-state index in [4.69, 9.17) is 5.73 Å². The zero-order chi connectivity index (χ0) is 15.0. The lowest BCUT2D eigenvalue weighted by Gasteiger charge is -2.06. The maximum atomic E-state index is 11.5. The van der Waals surface area contributed by atoms with Gasteiger partial charge in [-0.2, -0.15) is 9.50 Å². The van der Waals surface area contributed by atoms with E-state index in [1.807, 2.05) is 25.1 Å². The van der Waals surface area contributed by atoms with Crippen molar-refractivity contribution in [2.24, 2.45) is 0 Å². The first-order valence-electron chi connectivity index (χ1n) is 6.27. The zero-order valence-electron chi connectivity index (χ0n) is 11.6. The number of aryl methyl sites for hydroxylation is 1. The second-order valence-electron chi connectivity index (χ2n) is 4.54. The maximum Gasteiger partial charge on any atom is 0.378 e. The first kappa shape index (κ1) is 13.0. The Bertz CT molecular complexity index is 840. The van der Waals surface area contributed by atoms with Crippen LogP contribution in [0.5, 0.6) is 0 Å². The van der Waals surface area contributed by atoms with Gasteiger partial charge in [-0.05, 0) is 24.6 Å². The molecule has 3 rings (SSSR count). The van der Waals surface area contributed by atoms with Gasteiger partial charge in [-0.1, -0.05) is 12.1 Å². The molecular formula is C14H13N5O2. The van der Waals surface area contributed by atoms with Gasteiger partial charge < -0.3 is 10.5 Å². The predicted octanol–water partition coefficient (Wildman–Crippen LogP) is 1.47. The van der Waals surface area contributed by atoms with Crippen LogP contribution >= 0.6 is 0 Å². The summed E-state index contributed by atoms with van der Waals surface area (Å²) < 4.78 is 6.12. The number of hydrogen-bond donors (Lipinski definition) is 1. The Balaban J connectivity index is 2.20. The minimum Gasteiger partial charge on any atom is -0.463 e. The van der Waals surface area contributed by atoms with Crippen LogP contribution in [0.1, 0.15) is 16.2 Å². The van der Waals surface area contributed by atoms with Crippen molar-refractivity contribution in [3.8, 4) is 11.3 Å². The number of nitrogens with two attached hydrogens (primary N) is 1. The SMILES string of the molecule is COC(=O)c1nc2nccc(-c3ccc(C)c(N)c3)n2n1. The van der Waals surface area contributed by atoms with Crippen LogP contribution in [-0.2, 0) is 4.74 Å². The monoisotopic (exact) mass is 283 g/mol. The molecule has 0 aliphatic carbocycles. The Morgan fingerprint density at radius 2 is 2.14 bits per heavy atom. The first-order chi connectivity index (χ1) is 10.1. The normalized spacial score (nSPS) is 10.8. The summed E-state index contributed by atoms with van der Waals surface area (Å²) in [6.45, 7) is 1.94. The Morgan fingerprint density at radius 1 is 1.33 bits per heavy atom. The van der Waals surface area contributed by atoms with E-state index >= 15 is 0 Å². The third-order valence-electron chi connectivity index (χ3n) is 3.18. The summed E-state index contributed by atoms with van der Waals surface area (Å²) in [6, 6.07) is 7.49. The number of aromatic nitrogens is 4. The Hall–Kier alpha value is -2.96. The highest BCUT2D eigenvalue weighted by Gasteiger charge is 2.16. The van der Waals surface area contributed by atoms with Crippen LogP contribution in [0.4, 0.5) is 5.69 Å². The fourth-order valence-corrected chi connectivity index (χ4v) is 1.99. The average molecular weight is 283 g/mol. The molecule has 0 aliphatic heterocycles. The Labute approximate surface area is 120 Å². The molecule has 0 bridgehead atoms. The summed E-state index contributed by atoms with van der Waals surface area (Å²) >= 11 is 0. The van der Waals surface area contributed by atoms with Crippen LogP contribution in [0.25, 0.3) is 17.0 Å². The lowest BCUT2D eigenvalue weighted by molar-refractivity contribution is 0.0587. The van der Waals surface area contributed by atoms with Crippen molar-refractivity contribution >= 4 is 17.4 Å². The quantitative estimate of drug-likeness (QED) is 0.565. The van der Waals surface area contributed by atoms with Crippen LogP contribution in [0.2, 0.25) is 0 Å². The van der Waals surface area contributed by atoms with Gasteiger partial charge in [-0.15, -0.1) is 5.10 Å². The molecule has 0 amide bonds. The second kappa shape index (κ2) is 4.86. The highest BCUT2D eigenvalue weighted by atomic mass is 16.5. The number of methoxy groups -OCH3 is 1. The number of carbonyl (C=O) groups excluding carboxylic acids is 1. The largest absolute Gasteiger partial charge is 0.463 e. The zero-order valence-corrected chi connectivity index (χ0v) is 11.6. The third kappa shape index (κ3) is 2.18. The van der Waals surface area contributed by atoms with Crippen molar-refractivity contribution in [1.29, 1.82) is 0 Å². The summed E-state index contributed by atoms with van der Waals surface area (Å²) in [5.74, 6) is -0.306. The van der Waals surface area contributed by atoms with Crippen LogP contribution < -0.4 is 5.73 Å². The smallest absolute Gasteiger partial charge is 0.378 e. The van der Waals surface area contributed by atoms with E-state index in [1.165, 1.54) is 11.6 Å². The highest BCUT2D eigenvalue weighted by molar-refractivity contribution is 5.85. The second-order valence-corrected chi connectivity index (χ2v) is 4.54. The summed E-state index contributed by atoms with van der Waals surface area (Å²) in [4.78, 5) is 19.7. The van der Waals surface area contributed by atoms with Crippen molar-refractivity contribution in [1.82, 2.24) is 19.6 Å². The van der Waals surface area contributed by atoms with Crippen LogP contribution in [0, 0.1) is 6.92 Å². The minimum absolute atomic E-state index is 0.0301. The molecular weight excluding hydrogens is 270 g/mol. The fourth-order valence-electron chi connectivity index (χ4n) is 1.99. The van der Waals surface area contributed by atoms with E-state index in [2.05, 4.69) is 19.8 Å². The Morgan fingerprint density at radius 3 is 2.86 bits per heavy atom. The molecule has 0 fully saturated rings. The van der Waals surface area contributed by atoms with Crippen molar-refractivity contribution < 1.29 is 9.53 Å². The van der Waals surface area contributed by atoms with E-state index in [9.17, 15) is 4.79 Å². The standard InChI is InChI=1S/C14H13N5O2/c1-8-3-4-9(7-10(8)15)11-5-6-16-14-17-12(13(20)21-2)18-19(11)14/h3-7H,15H2,1-2H3. The predicted molar refractivity (Wildman–Crippen MR) is 76.7 cm³/mol. The third-order valence-corrected chi connectivity index (χ3v) is 3.18.